The van der Waals surface area contributed by atoms with E-state index in [9.17, 15) is 4.79 Å². The highest BCUT2D eigenvalue weighted by Gasteiger charge is 2.11. The summed E-state index contributed by atoms with van der Waals surface area (Å²) in [6.45, 7) is 4.12. The van der Waals surface area contributed by atoms with Gasteiger partial charge in [0.2, 0.25) is 0 Å². The van der Waals surface area contributed by atoms with Gasteiger partial charge < -0.3 is 5.32 Å². The van der Waals surface area contributed by atoms with Gasteiger partial charge in [-0.15, -0.1) is 5.10 Å². The molecule has 2 aromatic rings. The molecule has 100 valence electrons. The van der Waals surface area contributed by atoms with Crippen LogP contribution in [0.25, 0.3) is 5.69 Å². The monoisotopic (exact) mass is 259 g/mol. The molecule has 6 nitrogen and oxygen atoms in total. The van der Waals surface area contributed by atoms with Crippen molar-refractivity contribution in [2.75, 3.05) is 0 Å². The summed E-state index contributed by atoms with van der Waals surface area (Å²) in [7, 11) is 0. The van der Waals surface area contributed by atoms with Crippen LogP contribution in [0.15, 0.2) is 30.6 Å². The van der Waals surface area contributed by atoms with Crippen LogP contribution in [-0.2, 0) is 0 Å². The van der Waals surface area contributed by atoms with E-state index in [1.165, 1.54) is 11.0 Å². The average molecular weight is 259 g/mol. The van der Waals surface area contributed by atoms with Crippen molar-refractivity contribution >= 4 is 5.91 Å². The lowest BCUT2D eigenvalue weighted by Gasteiger charge is -2.14. The van der Waals surface area contributed by atoms with E-state index in [0.717, 1.165) is 18.5 Å². The predicted octanol–water partition coefficient (Wildman–Crippen LogP) is 1.58. The molecule has 19 heavy (non-hydrogen) atoms. The van der Waals surface area contributed by atoms with Crippen LogP contribution in [0.4, 0.5) is 0 Å². The lowest BCUT2D eigenvalue weighted by Crippen LogP contribution is -2.33. The first-order chi connectivity index (χ1) is 9.24. The molecule has 1 aromatic carbocycles. The number of tetrazole rings is 1. The molecule has 0 fully saturated rings. The summed E-state index contributed by atoms with van der Waals surface area (Å²) in [5.74, 6) is -0.0661. The van der Waals surface area contributed by atoms with Gasteiger partial charge in [-0.3, -0.25) is 4.79 Å². The maximum Gasteiger partial charge on any atom is 0.251 e. The summed E-state index contributed by atoms with van der Waals surface area (Å²) in [4.78, 5) is 12.1. The third-order valence-corrected chi connectivity index (χ3v) is 3.04. The van der Waals surface area contributed by atoms with Gasteiger partial charge in [-0.1, -0.05) is 19.9 Å². The Hall–Kier alpha value is -2.24. The number of rotatable bonds is 5. The van der Waals surface area contributed by atoms with Crippen molar-refractivity contribution in [3.05, 3.63) is 36.2 Å². The van der Waals surface area contributed by atoms with E-state index in [1.54, 1.807) is 12.1 Å². The first-order valence-corrected chi connectivity index (χ1v) is 6.38. The molecule has 0 saturated heterocycles. The molecule has 1 aromatic heterocycles. The molecule has 6 heteroatoms. The van der Waals surface area contributed by atoms with E-state index < -0.39 is 0 Å². The second-order valence-corrected chi connectivity index (χ2v) is 4.29. The number of amides is 1. The predicted molar refractivity (Wildman–Crippen MR) is 71.0 cm³/mol. The summed E-state index contributed by atoms with van der Waals surface area (Å²) < 4.78 is 1.52. The molecule has 0 unspecified atom stereocenters. The van der Waals surface area contributed by atoms with Crippen LogP contribution in [-0.4, -0.2) is 32.2 Å². The number of benzene rings is 1. The van der Waals surface area contributed by atoms with Crippen LogP contribution in [0, 0.1) is 0 Å². The second kappa shape index (κ2) is 6.08. The minimum Gasteiger partial charge on any atom is -0.349 e. The number of aromatic nitrogens is 4. The van der Waals surface area contributed by atoms with E-state index in [2.05, 4.69) is 34.7 Å². The Bertz CT molecular complexity index is 534. The van der Waals surface area contributed by atoms with Crippen molar-refractivity contribution < 1.29 is 4.79 Å². The van der Waals surface area contributed by atoms with Gasteiger partial charge in [0.15, 0.2) is 0 Å². The Labute approximate surface area is 111 Å². The van der Waals surface area contributed by atoms with E-state index >= 15 is 0 Å². The lowest BCUT2D eigenvalue weighted by molar-refractivity contribution is 0.0935. The quantitative estimate of drug-likeness (QED) is 0.884. The van der Waals surface area contributed by atoms with Gasteiger partial charge in [0.05, 0.1) is 5.69 Å². The van der Waals surface area contributed by atoms with Crippen LogP contribution in [0.1, 0.15) is 37.0 Å². The highest BCUT2D eigenvalue weighted by molar-refractivity contribution is 5.94. The molecule has 0 atom stereocenters. The van der Waals surface area contributed by atoms with Crippen molar-refractivity contribution in [3.8, 4) is 5.69 Å². The summed E-state index contributed by atoms with van der Waals surface area (Å²) in [5.41, 5.74) is 1.38. The number of nitrogens with zero attached hydrogens (tertiary/aromatic N) is 4. The zero-order valence-electron chi connectivity index (χ0n) is 11.1. The standard InChI is InChI=1S/C13H17N5O/c1-3-11(4-2)15-13(19)10-6-5-7-12(8-10)18-9-14-16-17-18/h5-9,11H,3-4H2,1-2H3,(H,15,19). The van der Waals surface area contributed by atoms with E-state index in [4.69, 9.17) is 0 Å². The van der Waals surface area contributed by atoms with Crippen LogP contribution in [0.2, 0.25) is 0 Å². The minimum absolute atomic E-state index is 0.0661. The van der Waals surface area contributed by atoms with Gasteiger partial charge >= 0.3 is 0 Å². The SMILES string of the molecule is CCC(CC)NC(=O)c1cccc(-n2cnnn2)c1. The molecule has 0 bridgehead atoms. The fraction of sp³-hybridized carbons (Fsp3) is 0.385. The van der Waals surface area contributed by atoms with Crippen LogP contribution >= 0.6 is 0 Å². The molecule has 2 rings (SSSR count). The Kier molecular flexibility index (Phi) is 4.22. The van der Waals surface area contributed by atoms with E-state index in [1.807, 2.05) is 12.1 Å². The van der Waals surface area contributed by atoms with Crippen molar-refractivity contribution in [3.63, 3.8) is 0 Å². The Morgan fingerprint density at radius 1 is 1.37 bits per heavy atom. The van der Waals surface area contributed by atoms with Gasteiger partial charge in [-0.05, 0) is 41.5 Å². The Morgan fingerprint density at radius 3 is 2.79 bits per heavy atom. The molecule has 0 aliphatic carbocycles. The van der Waals surface area contributed by atoms with Crippen molar-refractivity contribution in [1.29, 1.82) is 0 Å². The first-order valence-electron chi connectivity index (χ1n) is 6.38. The number of hydrogen-bond acceptors (Lipinski definition) is 4. The highest BCUT2D eigenvalue weighted by Crippen LogP contribution is 2.09. The Morgan fingerprint density at radius 2 is 2.16 bits per heavy atom. The zero-order valence-corrected chi connectivity index (χ0v) is 11.1. The molecule has 0 aliphatic rings. The normalized spacial score (nSPS) is 10.7. The smallest absolute Gasteiger partial charge is 0.251 e. The van der Waals surface area contributed by atoms with E-state index in [0.29, 0.717) is 5.56 Å². The number of hydrogen-bond donors (Lipinski definition) is 1. The first kappa shape index (κ1) is 13.2. The molecule has 0 spiro atoms. The van der Waals surface area contributed by atoms with Crippen molar-refractivity contribution in [2.45, 2.75) is 32.7 Å². The molecular formula is C13H17N5O. The fourth-order valence-corrected chi connectivity index (χ4v) is 1.83. The molecule has 1 N–H and O–H groups in total. The summed E-state index contributed by atoms with van der Waals surface area (Å²) >= 11 is 0. The van der Waals surface area contributed by atoms with Gasteiger partial charge in [0.25, 0.3) is 5.91 Å². The summed E-state index contributed by atoms with van der Waals surface area (Å²) in [5, 5.41) is 14.0. The van der Waals surface area contributed by atoms with Crippen LogP contribution in [0.3, 0.4) is 0 Å². The third-order valence-electron chi connectivity index (χ3n) is 3.04. The number of carbonyl (C=O) groups excluding carboxylic acids is 1. The maximum atomic E-state index is 12.1. The fourth-order valence-electron chi connectivity index (χ4n) is 1.83. The second-order valence-electron chi connectivity index (χ2n) is 4.29. The highest BCUT2D eigenvalue weighted by atomic mass is 16.1. The molecule has 1 heterocycles. The molecule has 1 amide bonds. The summed E-state index contributed by atoms with van der Waals surface area (Å²) in [6, 6.07) is 7.44. The average Bonchev–Trinajstić information content (AvgIpc) is 2.99. The number of carbonyl (C=O) groups is 1. The summed E-state index contributed by atoms with van der Waals surface area (Å²) in [6.07, 6.45) is 3.35. The molecule has 0 aliphatic heterocycles. The van der Waals surface area contributed by atoms with Crippen LogP contribution < -0.4 is 5.32 Å². The van der Waals surface area contributed by atoms with Gasteiger partial charge in [0.1, 0.15) is 6.33 Å². The third kappa shape index (κ3) is 3.15. The molecule has 0 radical (unpaired) electrons. The Balaban J connectivity index is 2.17. The molecular weight excluding hydrogens is 242 g/mol. The van der Waals surface area contributed by atoms with Crippen LogP contribution in [0.5, 0.6) is 0 Å². The van der Waals surface area contributed by atoms with Crippen molar-refractivity contribution in [1.82, 2.24) is 25.5 Å². The van der Waals surface area contributed by atoms with E-state index in [-0.39, 0.29) is 11.9 Å². The maximum absolute atomic E-state index is 12.1. The van der Waals surface area contributed by atoms with Gasteiger partial charge in [-0.25, -0.2) is 4.68 Å². The minimum atomic E-state index is -0.0661. The molecule has 0 saturated carbocycles. The lowest BCUT2D eigenvalue weighted by atomic mass is 10.1. The topological polar surface area (TPSA) is 72.7 Å². The number of nitrogens with one attached hydrogen (secondary N) is 1. The van der Waals surface area contributed by atoms with Crippen molar-refractivity contribution in [2.24, 2.45) is 0 Å². The van der Waals surface area contributed by atoms with Gasteiger partial charge in [-0.2, -0.15) is 0 Å². The van der Waals surface area contributed by atoms with Gasteiger partial charge in [0, 0.05) is 11.6 Å². The largest absolute Gasteiger partial charge is 0.349 e. The zero-order chi connectivity index (χ0) is 13.7.